The first-order valence-electron chi connectivity index (χ1n) is 15.4. The highest BCUT2D eigenvalue weighted by Crippen LogP contribution is 2.38. The molecule has 47 heavy (non-hydrogen) atoms. The first-order valence-corrected chi connectivity index (χ1v) is 16.3. The number of hydrogen-bond acceptors (Lipinski definition) is 4. The van der Waals surface area contributed by atoms with Crippen molar-refractivity contribution in [1.82, 2.24) is 9.80 Å². The third-order valence-electron chi connectivity index (χ3n) is 8.18. The average Bonchev–Trinajstić information content (AvgIpc) is 3.10. The SMILES string of the molecule is O=C(O)N(Cc1ccccc1)C(Sc1ccccc1)C(O)CN(C(=O)O)C(Cc1ccccc1)(Cc1ccccc1)c1ccccc1. The van der Waals surface area contributed by atoms with Crippen molar-refractivity contribution in [2.24, 2.45) is 0 Å². The van der Waals surface area contributed by atoms with Gasteiger partial charge >= 0.3 is 12.2 Å². The molecule has 240 valence electrons. The van der Waals surface area contributed by atoms with Crippen molar-refractivity contribution in [2.75, 3.05) is 6.54 Å². The van der Waals surface area contributed by atoms with Crippen LogP contribution in [0.1, 0.15) is 22.3 Å². The van der Waals surface area contributed by atoms with Gasteiger partial charge < -0.3 is 15.3 Å². The van der Waals surface area contributed by atoms with E-state index in [2.05, 4.69) is 0 Å². The molecule has 7 nitrogen and oxygen atoms in total. The van der Waals surface area contributed by atoms with Crippen LogP contribution in [0.3, 0.4) is 0 Å². The van der Waals surface area contributed by atoms with E-state index in [-0.39, 0.29) is 13.1 Å². The Morgan fingerprint density at radius 1 is 0.596 bits per heavy atom. The number of rotatable bonds is 14. The first kappa shape index (κ1) is 33.3. The molecule has 8 heteroatoms. The summed E-state index contributed by atoms with van der Waals surface area (Å²) < 4.78 is 0. The van der Waals surface area contributed by atoms with Gasteiger partial charge in [-0.3, -0.25) is 9.80 Å². The van der Waals surface area contributed by atoms with E-state index < -0.39 is 29.2 Å². The maximum atomic E-state index is 13.5. The normalized spacial score (nSPS) is 12.5. The first-order chi connectivity index (χ1) is 22.9. The molecule has 0 bridgehead atoms. The largest absolute Gasteiger partial charge is 0.465 e. The fourth-order valence-corrected chi connectivity index (χ4v) is 7.11. The Bertz CT molecular complexity index is 1650. The Hall–Kier alpha value is -5.05. The van der Waals surface area contributed by atoms with Crippen LogP contribution in [0.15, 0.2) is 157 Å². The van der Waals surface area contributed by atoms with Crippen molar-refractivity contribution in [3.8, 4) is 0 Å². The van der Waals surface area contributed by atoms with Crippen LogP contribution < -0.4 is 0 Å². The van der Waals surface area contributed by atoms with E-state index in [0.717, 1.165) is 27.1 Å². The molecule has 5 aromatic carbocycles. The molecule has 0 saturated heterocycles. The van der Waals surface area contributed by atoms with Gasteiger partial charge in [-0.15, -0.1) is 0 Å². The molecule has 2 atom stereocenters. The Labute approximate surface area is 279 Å². The van der Waals surface area contributed by atoms with E-state index in [1.165, 1.54) is 21.6 Å². The van der Waals surface area contributed by atoms with Crippen molar-refractivity contribution >= 4 is 23.9 Å². The van der Waals surface area contributed by atoms with Gasteiger partial charge in [0.25, 0.3) is 0 Å². The molecule has 0 saturated carbocycles. The third kappa shape index (κ3) is 8.61. The van der Waals surface area contributed by atoms with Crippen LogP contribution in [0, 0.1) is 0 Å². The molecule has 0 aliphatic carbocycles. The quantitative estimate of drug-likeness (QED) is 0.0835. The van der Waals surface area contributed by atoms with Gasteiger partial charge in [-0.2, -0.15) is 0 Å². The predicted molar refractivity (Wildman–Crippen MR) is 185 cm³/mol. The summed E-state index contributed by atoms with van der Waals surface area (Å²) in [5, 5.41) is 32.6. The standard InChI is InChI=1S/C39H38N2O5S/c42-35(36(47-34-24-14-5-15-25-34)40(37(43)44)28-32-20-10-3-11-21-32)29-41(38(45)46)39(33-22-12-4-13-23-33,26-30-16-6-1-7-17-30)27-31-18-8-2-9-19-31/h1-25,35-36,42H,26-29H2,(H,43,44)(H,45,46). The Morgan fingerprint density at radius 3 is 1.47 bits per heavy atom. The Balaban J connectivity index is 1.61. The lowest BCUT2D eigenvalue weighted by Gasteiger charge is -2.45. The van der Waals surface area contributed by atoms with Crippen LogP contribution >= 0.6 is 11.8 Å². The minimum atomic E-state index is -1.40. The maximum absolute atomic E-state index is 13.5. The highest BCUT2D eigenvalue weighted by molar-refractivity contribution is 8.00. The second kappa shape index (κ2) is 16.0. The predicted octanol–water partition coefficient (Wildman–Crippen LogP) is 8.01. The van der Waals surface area contributed by atoms with Crippen LogP contribution in [-0.2, 0) is 24.9 Å². The fraction of sp³-hybridized carbons (Fsp3) is 0.179. The van der Waals surface area contributed by atoms with Gasteiger partial charge in [0.1, 0.15) is 11.5 Å². The van der Waals surface area contributed by atoms with Gasteiger partial charge in [0.15, 0.2) is 0 Å². The summed E-state index contributed by atoms with van der Waals surface area (Å²) >= 11 is 1.20. The average molecular weight is 647 g/mol. The molecular weight excluding hydrogens is 609 g/mol. The van der Waals surface area contributed by atoms with Gasteiger partial charge in [-0.1, -0.05) is 151 Å². The number of nitrogens with zero attached hydrogens (tertiary/aromatic N) is 2. The maximum Gasteiger partial charge on any atom is 0.408 e. The molecule has 0 aromatic heterocycles. The number of benzene rings is 5. The molecule has 0 radical (unpaired) electrons. The summed E-state index contributed by atoms with van der Waals surface area (Å²) in [5.74, 6) is 0. The highest BCUT2D eigenvalue weighted by atomic mass is 32.2. The zero-order chi connectivity index (χ0) is 33.1. The number of amides is 2. The van der Waals surface area contributed by atoms with Crippen molar-refractivity contribution in [1.29, 1.82) is 0 Å². The van der Waals surface area contributed by atoms with Crippen LogP contribution in [-0.4, -0.2) is 55.3 Å². The van der Waals surface area contributed by atoms with E-state index in [0.29, 0.717) is 12.8 Å². The molecular formula is C39H38N2O5S. The van der Waals surface area contributed by atoms with Gasteiger partial charge in [0, 0.05) is 17.7 Å². The highest BCUT2D eigenvalue weighted by Gasteiger charge is 2.44. The van der Waals surface area contributed by atoms with Gasteiger partial charge in [-0.05, 0) is 34.4 Å². The molecule has 2 amide bonds. The third-order valence-corrected chi connectivity index (χ3v) is 9.54. The lowest BCUT2D eigenvalue weighted by atomic mass is 9.77. The minimum Gasteiger partial charge on any atom is -0.465 e. The number of thioether (sulfide) groups is 1. The lowest BCUT2D eigenvalue weighted by molar-refractivity contribution is 0.0137. The molecule has 5 aromatic rings. The van der Waals surface area contributed by atoms with Crippen LogP contribution in [0.2, 0.25) is 0 Å². The number of carbonyl (C=O) groups is 2. The van der Waals surface area contributed by atoms with Gasteiger partial charge in [0.2, 0.25) is 0 Å². The molecule has 2 unspecified atom stereocenters. The Kier molecular flexibility index (Phi) is 11.3. The number of aliphatic hydroxyl groups excluding tert-OH is 1. The summed E-state index contributed by atoms with van der Waals surface area (Å²) in [6.07, 6.45) is -3.17. The van der Waals surface area contributed by atoms with Crippen LogP contribution in [0.5, 0.6) is 0 Å². The summed E-state index contributed by atoms with van der Waals surface area (Å²) in [6, 6.07) is 47.4. The second-order valence-corrected chi connectivity index (χ2v) is 12.6. The van der Waals surface area contributed by atoms with E-state index in [9.17, 15) is 24.9 Å². The molecule has 0 heterocycles. The molecule has 0 aliphatic heterocycles. The number of hydrogen-bond donors (Lipinski definition) is 3. The van der Waals surface area contributed by atoms with Gasteiger partial charge in [0.05, 0.1) is 18.6 Å². The molecule has 3 N–H and O–H groups in total. The second-order valence-electron chi connectivity index (χ2n) is 11.4. The van der Waals surface area contributed by atoms with Crippen molar-refractivity contribution < 1.29 is 24.9 Å². The van der Waals surface area contributed by atoms with Crippen molar-refractivity contribution in [3.63, 3.8) is 0 Å². The summed E-state index contributed by atoms with van der Waals surface area (Å²) in [6.45, 7) is -0.324. The fourth-order valence-electron chi connectivity index (χ4n) is 5.98. The lowest BCUT2D eigenvalue weighted by Crippen LogP contribution is -2.57. The zero-order valence-electron chi connectivity index (χ0n) is 25.9. The van der Waals surface area contributed by atoms with E-state index in [4.69, 9.17) is 0 Å². The van der Waals surface area contributed by atoms with E-state index >= 15 is 0 Å². The van der Waals surface area contributed by atoms with Crippen molar-refractivity contribution in [2.45, 2.75) is 41.3 Å². The molecule has 5 rings (SSSR count). The summed E-state index contributed by atoms with van der Waals surface area (Å²) in [4.78, 5) is 29.6. The monoisotopic (exact) mass is 646 g/mol. The van der Waals surface area contributed by atoms with Crippen molar-refractivity contribution in [3.05, 3.63) is 174 Å². The summed E-state index contributed by atoms with van der Waals surface area (Å²) in [7, 11) is 0. The van der Waals surface area contributed by atoms with Gasteiger partial charge in [-0.25, -0.2) is 9.59 Å². The number of aliphatic hydroxyl groups is 1. The minimum absolute atomic E-state index is 0.0165. The topological polar surface area (TPSA) is 101 Å². The molecule has 0 fully saturated rings. The summed E-state index contributed by atoms with van der Waals surface area (Å²) in [5.41, 5.74) is 2.24. The number of carboxylic acid groups (broad SMARTS) is 2. The zero-order valence-corrected chi connectivity index (χ0v) is 26.7. The molecule has 0 aliphatic rings. The Morgan fingerprint density at radius 2 is 1.02 bits per heavy atom. The smallest absolute Gasteiger partial charge is 0.408 e. The van der Waals surface area contributed by atoms with Crippen LogP contribution in [0.25, 0.3) is 0 Å². The van der Waals surface area contributed by atoms with Crippen LogP contribution in [0.4, 0.5) is 9.59 Å². The van der Waals surface area contributed by atoms with E-state index in [1.54, 1.807) is 0 Å². The molecule has 0 spiro atoms. The van der Waals surface area contributed by atoms with E-state index in [1.807, 2.05) is 152 Å².